The van der Waals surface area contributed by atoms with Crippen molar-refractivity contribution < 1.29 is 13.2 Å². The summed E-state index contributed by atoms with van der Waals surface area (Å²) < 4.78 is 26.5. The van der Waals surface area contributed by atoms with Gasteiger partial charge in [-0.25, -0.2) is 8.42 Å². The number of nitrogens with two attached hydrogens (primary N) is 1. The molecule has 0 spiro atoms. The molecule has 0 bridgehead atoms. The number of carbonyl (C=O) groups is 1. The number of hydrogen-bond acceptors (Lipinski definition) is 4. The van der Waals surface area contributed by atoms with Crippen molar-refractivity contribution in [2.24, 2.45) is 5.73 Å². The van der Waals surface area contributed by atoms with Crippen LogP contribution in [-0.2, 0) is 14.8 Å². The Morgan fingerprint density at radius 3 is 2.43 bits per heavy atom. The first-order valence-corrected chi connectivity index (χ1v) is 8.46. The van der Waals surface area contributed by atoms with Crippen molar-refractivity contribution in [3.8, 4) is 0 Å². The van der Waals surface area contributed by atoms with E-state index in [1.807, 2.05) is 0 Å². The summed E-state index contributed by atoms with van der Waals surface area (Å²) in [5.74, 6) is -0.131. The Balaban J connectivity index is 2.12. The largest absolute Gasteiger partial charge is 0.340 e. The summed E-state index contributed by atoms with van der Waals surface area (Å²) >= 11 is 0. The third-order valence-corrected chi connectivity index (χ3v) is 5.45. The molecule has 1 aromatic carbocycles. The van der Waals surface area contributed by atoms with Gasteiger partial charge >= 0.3 is 0 Å². The summed E-state index contributed by atoms with van der Waals surface area (Å²) in [6, 6.07) is 7.82. The van der Waals surface area contributed by atoms with Gasteiger partial charge in [0.2, 0.25) is 15.9 Å². The van der Waals surface area contributed by atoms with Crippen molar-refractivity contribution in [1.82, 2.24) is 9.21 Å². The number of carbonyl (C=O) groups excluding carboxylic acids is 1. The molecule has 2 rings (SSSR count). The van der Waals surface area contributed by atoms with Crippen molar-refractivity contribution in [2.45, 2.75) is 24.3 Å². The number of amides is 1. The number of hydrogen-bond donors (Lipinski definition) is 1. The molecule has 7 heteroatoms. The van der Waals surface area contributed by atoms with E-state index in [1.54, 1.807) is 42.2 Å². The van der Waals surface area contributed by atoms with Crippen molar-refractivity contribution in [1.29, 1.82) is 0 Å². The van der Waals surface area contributed by atoms with E-state index in [4.69, 9.17) is 5.73 Å². The second-order valence-electron chi connectivity index (χ2n) is 5.18. The lowest BCUT2D eigenvalue weighted by molar-refractivity contribution is -0.132. The molecule has 1 atom stereocenters. The predicted octanol–water partition coefficient (Wildman–Crippen LogP) is 0.257. The Kier molecular flexibility index (Phi) is 4.97. The molecule has 1 aromatic rings. The molecule has 1 aliphatic rings. The maximum Gasteiger partial charge on any atom is 0.243 e. The average Bonchev–Trinajstić information content (AvgIpc) is 2.73. The summed E-state index contributed by atoms with van der Waals surface area (Å²) in [7, 11) is -3.49. The van der Waals surface area contributed by atoms with E-state index in [-0.39, 0.29) is 10.8 Å². The van der Waals surface area contributed by atoms with Crippen LogP contribution < -0.4 is 5.73 Å². The van der Waals surface area contributed by atoms with Gasteiger partial charge in [-0.05, 0) is 25.5 Å². The Morgan fingerprint density at radius 1 is 1.14 bits per heavy atom. The fraction of sp³-hybridized carbons (Fsp3) is 0.500. The maximum atomic E-state index is 12.5. The summed E-state index contributed by atoms with van der Waals surface area (Å²) in [5.41, 5.74) is 5.61. The Hall–Kier alpha value is -1.44. The average molecular weight is 311 g/mol. The zero-order valence-electron chi connectivity index (χ0n) is 12.1. The van der Waals surface area contributed by atoms with Crippen LogP contribution in [0.5, 0.6) is 0 Å². The molecule has 2 N–H and O–H groups in total. The van der Waals surface area contributed by atoms with Crippen LogP contribution in [0.4, 0.5) is 0 Å². The first kappa shape index (κ1) is 15.9. The van der Waals surface area contributed by atoms with Crippen LogP contribution in [0.2, 0.25) is 0 Å². The molecule has 0 unspecified atom stereocenters. The summed E-state index contributed by atoms with van der Waals surface area (Å²) in [6.45, 7) is 3.29. The lowest BCUT2D eigenvalue weighted by Gasteiger charge is -2.23. The van der Waals surface area contributed by atoms with Gasteiger partial charge in [-0.3, -0.25) is 4.79 Å². The van der Waals surface area contributed by atoms with Crippen LogP contribution >= 0.6 is 0 Å². The topological polar surface area (TPSA) is 83.7 Å². The van der Waals surface area contributed by atoms with Gasteiger partial charge in [0.25, 0.3) is 0 Å². The Bertz CT molecular complexity index is 587. The molecular weight excluding hydrogens is 290 g/mol. The van der Waals surface area contributed by atoms with Gasteiger partial charge in [0.15, 0.2) is 0 Å². The second kappa shape index (κ2) is 6.55. The van der Waals surface area contributed by atoms with Crippen LogP contribution in [0.3, 0.4) is 0 Å². The summed E-state index contributed by atoms with van der Waals surface area (Å²) in [4.78, 5) is 13.8. The minimum Gasteiger partial charge on any atom is -0.340 e. The van der Waals surface area contributed by atoms with Crippen LogP contribution in [-0.4, -0.2) is 55.8 Å². The number of rotatable bonds is 3. The molecule has 0 radical (unpaired) electrons. The molecule has 21 heavy (non-hydrogen) atoms. The second-order valence-corrected chi connectivity index (χ2v) is 7.12. The first-order valence-electron chi connectivity index (χ1n) is 7.02. The first-order chi connectivity index (χ1) is 9.93. The van der Waals surface area contributed by atoms with E-state index < -0.39 is 16.1 Å². The molecule has 1 fully saturated rings. The van der Waals surface area contributed by atoms with E-state index >= 15 is 0 Å². The summed E-state index contributed by atoms with van der Waals surface area (Å²) in [6.07, 6.45) is 0.616. The zero-order valence-corrected chi connectivity index (χ0v) is 12.9. The molecular formula is C14H21N3O3S. The molecule has 116 valence electrons. The Morgan fingerprint density at radius 2 is 1.81 bits per heavy atom. The number of sulfonamides is 1. The minimum atomic E-state index is -3.49. The van der Waals surface area contributed by atoms with Crippen LogP contribution in [0.15, 0.2) is 35.2 Å². The Labute approximate surface area is 125 Å². The smallest absolute Gasteiger partial charge is 0.243 e. The molecule has 6 nitrogen and oxygen atoms in total. The third-order valence-electron chi connectivity index (χ3n) is 3.54. The van der Waals surface area contributed by atoms with Crippen molar-refractivity contribution in [2.75, 3.05) is 26.2 Å². The molecule has 1 saturated heterocycles. The van der Waals surface area contributed by atoms with E-state index in [2.05, 4.69) is 0 Å². The van der Waals surface area contributed by atoms with Crippen molar-refractivity contribution >= 4 is 15.9 Å². The molecule has 1 heterocycles. The lowest BCUT2D eigenvalue weighted by atomic mass is 10.3. The molecule has 1 aliphatic heterocycles. The standard InChI is InChI=1S/C14H21N3O3S/c1-12(15)14(18)16-8-5-9-17(11-10-16)21(19,20)13-6-3-2-4-7-13/h2-4,6-7,12H,5,8-11,15H2,1H3/t12-/m0/s1. The predicted molar refractivity (Wildman–Crippen MR) is 80.0 cm³/mol. The van der Waals surface area contributed by atoms with Gasteiger partial charge in [-0.15, -0.1) is 0 Å². The van der Waals surface area contributed by atoms with E-state index in [9.17, 15) is 13.2 Å². The van der Waals surface area contributed by atoms with Crippen LogP contribution in [0.25, 0.3) is 0 Å². The fourth-order valence-corrected chi connectivity index (χ4v) is 3.87. The quantitative estimate of drug-likeness (QED) is 0.868. The van der Waals surface area contributed by atoms with Crippen molar-refractivity contribution in [3.05, 3.63) is 30.3 Å². The van der Waals surface area contributed by atoms with Crippen molar-refractivity contribution in [3.63, 3.8) is 0 Å². The van der Waals surface area contributed by atoms with Gasteiger partial charge in [-0.1, -0.05) is 18.2 Å². The van der Waals surface area contributed by atoms with Crippen LogP contribution in [0.1, 0.15) is 13.3 Å². The normalized spacial score (nSPS) is 19.0. The molecule has 1 amide bonds. The van der Waals surface area contributed by atoms with E-state index in [0.29, 0.717) is 32.6 Å². The van der Waals surface area contributed by atoms with Gasteiger partial charge in [-0.2, -0.15) is 4.31 Å². The van der Waals surface area contributed by atoms with Gasteiger partial charge in [0.1, 0.15) is 0 Å². The highest BCUT2D eigenvalue weighted by molar-refractivity contribution is 7.89. The van der Waals surface area contributed by atoms with Crippen LogP contribution in [0, 0.1) is 0 Å². The van der Waals surface area contributed by atoms with E-state index in [0.717, 1.165) is 0 Å². The SMILES string of the molecule is C[C@H](N)C(=O)N1CCCN(S(=O)(=O)c2ccccc2)CC1. The van der Waals surface area contributed by atoms with Gasteiger partial charge < -0.3 is 10.6 Å². The lowest BCUT2D eigenvalue weighted by Crippen LogP contribution is -2.44. The highest BCUT2D eigenvalue weighted by Crippen LogP contribution is 2.17. The number of benzene rings is 1. The van der Waals surface area contributed by atoms with E-state index in [1.165, 1.54) is 4.31 Å². The highest BCUT2D eigenvalue weighted by atomic mass is 32.2. The zero-order chi connectivity index (χ0) is 15.5. The molecule has 0 aromatic heterocycles. The number of nitrogens with zero attached hydrogens (tertiary/aromatic N) is 2. The minimum absolute atomic E-state index is 0.131. The highest BCUT2D eigenvalue weighted by Gasteiger charge is 2.28. The fourth-order valence-electron chi connectivity index (χ4n) is 2.38. The molecule has 0 aliphatic carbocycles. The van der Waals surface area contributed by atoms with Gasteiger partial charge in [0.05, 0.1) is 10.9 Å². The summed E-state index contributed by atoms with van der Waals surface area (Å²) in [5, 5.41) is 0. The molecule has 0 saturated carbocycles. The third kappa shape index (κ3) is 3.61. The monoisotopic (exact) mass is 311 g/mol. The van der Waals surface area contributed by atoms with Gasteiger partial charge in [0, 0.05) is 26.2 Å². The maximum absolute atomic E-state index is 12.5.